The second-order valence-corrected chi connectivity index (χ2v) is 6.53. The molecule has 5 nitrogen and oxygen atoms in total. The average molecular weight is 370 g/mol. The fraction of sp³-hybridized carbons (Fsp3) is 0.500. The van der Waals surface area contributed by atoms with Crippen LogP contribution >= 0.6 is 0 Å². The average Bonchev–Trinajstić information content (AvgIpc) is 3.04. The zero-order valence-corrected chi connectivity index (χ0v) is 14.4. The van der Waals surface area contributed by atoms with E-state index in [-0.39, 0.29) is 17.6 Å². The van der Waals surface area contributed by atoms with Gasteiger partial charge in [-0.1, -0.05) is 12.1 Å². The Balaban J connectivity index is 1.52. The van der Waals surface area contributed by atoms with Crippen molar-refractivity contribution in [2.75, 3.05) is 33.3 Å². The number of hydrogen-bond acceptors (Lipinski definition) is 4. The van der Waals surface area contributed by atoms with Gasteiger partial charge in [0.05, 0.1) is 13.7 Å². The summed E-state index contributed by atoms with van der Waals surface area (Å²) in [5, 5.41) is 3.59. The van der Waals surface area contributed by atoms with E-state index in [1.165, 1.54) is 12.0 Å². The number of nitrogens with one attached hydrogen (secondary N) is 1. The Morgan fingerprint density at radius 2 is 2.08 bits per heavy atom. The smallest absolute Gasteiger partial charge is 0.401 e. The number of ether oxygens (including phenoxy) is 1. The number of piperidine rings is 1. The summed E-state index contributed by atoms with van der Waals surface area (Å²) in [6, 6.07) is 7.04. The highest BCUT2D eigenvalue weighted by molar-refractivity contribution is 5.97. The highest BCUT2D eigenvalue weighted by Crippen LogP contribution is 2.28. The fourth-order valence-electron chi connectivity index (χ4n) is 3.24. The molecule has 1 aromatic carbocycles. The van der Waals surface area contributed by atoms with Crippen LogP contribution in [0.15, 0.2) is 28.7 Å². The number of para-hydroxylation sites is 1. The Morgan fingerprint density at radius 3 is 2.73 bits per heavy atom. The number of benzene rings is 1. The molecule has 0 saturated carbocycles. The minimum absolute atomic E-state index is 0.169. The number of rotatable bonds is 5. The van der Waals surface area contributed by atoms with E-state index in [1.54, 1.807) is 12.1 Å². The van der Waals surface area contributed by atoms with Gasteiger partial charge in [0.1, 0.15) is 0 Å². The molecule has 3 rings (SSSR count). The molecule has 1 aliphatic heterocycles. The van der Waals surface area contributed by atoms with Crippen molar-refractivity contribution in [3.05, 3.63) is 30.0 Å². The molecule has 26 heavy (non-hydrogen) atoms. The van der Waals surface area contributed by atoms with E-state index in [4.69, 9.17) is 9.15 Å². The van der Waals surface area contributed by atoms with Gasteiger partial charge in [-0.2, -0.15) is 13.2 Å². The second-order valence-electron chi connectivity index (χ2n) is 6.53. The minimum atomic E-state index is -4.16. The van der Waals surface area contributed by atoms with Gasteiger partial charge in [0.25, 0.3) is 5.91 Å². The van der Waals surface area contributed by atoms with E-state index in [2.05, 4.69) is 5.32 Å². The molecule has 0 aliphatic carbocycles. The summed E-state index contributed by atoms with van der Waals surface area (Å²) in [6.07, 6.45) is -2.90. The predicted octanol–water partition coefficient (Wildman–Crippen LogP) is 3.45. The summed E-state index contributed by atoms with van der Waals surface area (Å²) < 4.78 is 48.0. The highest BCUT2D eigenvalue weighted by atomic mass is 19.4. The maximum absolute atomic E-state index is 12.4. The number of likely N-dealkylation sites (tertiary alicyclic amines) is 1. The van der Waals surface area contributed by atoms with Crippen molar-refractivity contribution < 1.29 is 27.1 Å². The molecular formula is C18H21F3N2O3. The quantitative estimate of drug-likeness (QED) is 0.876. The third-order valence-corrected chi connectivity index (χ3v) is 4.61. The second kappa shape index (κ2) is 7.57. The van der Waals surface area contributed by atoms with Gasteiger partial charge in [0.15, 0.2) is 17.1 Å². The first-order valence-electron chi connectivity index (χ1n) is 8.49. The molecule has 142 valence electrons. The molecule has 0 atom stereocenters. The van der Waals surface area contributed by atoms with Gasteiger partial charge >= 0.3 is 6.18 Å². The van der Waals surface area contributed by atoms with Crippen molar-refractivity contribution in [2.24, 2.45) is 5.92 Å². The van der Waals surface area contributed by atoms with Gasteiger partial charge < -0.3 is 14.5 Å². The first-order chi connectivity index (χ1) is 12.4. The first-order valence-corrected chi connectivity index (χ1v) is 8.49. The van der Waals surface area contributed by atoms with Crippen LogP contribution < -0.4 is 10.1 Å². The van der Waals surface area contributed by atoms with Gasteiger partial charge in [-0.15, -0.1) is 0 Å². The molecule has 1 aromatic heterocycles. The predicted molar refractivity (Wildman–Crippen MR) is 90.3 cm³/mol. The number of carbonyl (C=O) groups is 1. The lowest BCUT2D eigenvalue weighted by atomic mass is 9.97. The van der Waals surface area contributed by atoms with Crippen molar-refractivity contribution in [1.29, 1.82) is 0 Å². The SMILES string of the molecule is COc1cccc2cc(C(=O)NCC3CCN(CC(F)(F)F)CC3)oc12. The normalized spacial score (nSPS) is 16.8. The summed E-state index contributed by atoms with van der Waals surface area (Å²) in [7, 11) is 1.53. The Morgan fingerprint density at radius 1 is 1.35 bits per heavy atom. The van der Waals surface area contributed by atoms with Crippen molar-refractivity contribution in [3.8, 4) is 5.75 Å². The van der Waals surface area contributed by atoms with Crippen LogP contribution in [-0.2, 0) is 0 Å². The summed E-state index contributed by atoms with van der Waals surface area (Å²) in [4.78, 5) is 13.7. The van der Waals surface area contributed by atoms with E-state index in [0.29, 0.717) is 43.8 Å². The fourth-order valence-corrected chi connectivity index (χ4v) is 3.24. The van der Waals surface area contributed by atoms with E-state index in [9.17, 15) is 18.0 Å². The van der Waals surface area contributed by atoms with Crippen LogP contribution in [0.5, 0.6) is 5.75 Å². The number of amides is 1. The number of halogens is 3. The van der Waals surface area contributed by atoms with Crippen LogP contribution in [0.2, 0.25) is 0 Å². The van der Waals surface area contributed by atoms with E-state index < -0.39 is 12.7 Å². The molecule has 1 N–H and O–H groups in total. The molecule has 0 unspecified atom stereocenters. The van der Waals surface area contributed by atoms with Gasteiger partial charge in [-0.25, -0.2) is 0 Å². The summed E-state index contributed by atoms with van der Waals surface area (Å²) in [5.74, 6) is 0.584. The van der Waals surface area contributed by atoms with Crippen molar-refractivity contribution in [3.63, 3.8) is 0 Å². The third kappa shape index (κ3) is 4.49. The molecule has 0 radical (unpaired) electrons. The number of fused-ring (bicyclic) bond motifs is 1. The standard InChI is InChI=1S/C18H21F3N2O3/c1-25-14-4-2-3-13-9-15(26-16(13)14)17(24)22-10-12-5-7-23(8-6-12)11-18(19,20)21/h2-4,9,12H,5-8,10-11H2,1H3,(H,22,24). The number of nitrogens with zero attached hydrogens (tertiary/aromatic N) is 1. The monoisotopic (exact) mass is 370 g/mol. The molecule has 8 heteroatoms. The number of hydrogen-bond donors (Lipinski definition) is 1. The molecular weight excluding hydrogens is 349 g/mol. The number of alkyl halides is 3. The van der Waals surface area contributed by atoms with Crippen molar-refractivity contribution in [1.82, 2.24) is 10.2 Å². The lowest BCUT2D eigenvalue weighted by Crippen LogP contribution is -2.42. The third-order valence-electron chi connectivity index (χ3n) is 4.61. The molecule has 1 amide bonds. The van der Waals surface area contributed by atoms with E-state index in [1.807, 2.05) is 12.1 Å². The van der Waals surface area contributed by atoms with E-state index >= 15 is 0 Å². The largest absolute Gasteiger partial charge is 0.493 e. The number of methoxy groups -OCH3 is 1. The lowest BCUT2D eigenvalue weighted by molar-refractivity contribution is -0.148. The van der Waals surface area contributed by atoms with Crippen LogP contribution in [0.25, 0.3) is 11.0 Å². The van der Waals surface area contributed by atoms with Crippen molar-refractivity contribution in [2.45, 2.75) is 19.0 Å². The lowest BCUT2D eigenvalue weighted by Gasteiger charge is -2.32. The zero-order valence-electron chi connectivity index (χ0n) is 14.4. The molecule has 1 saturated heterocycles. The molecule has 2 aromatic rings. The summed E-state index contributed by atoms with van der Waals surface area (Å²) in [6.45, 7) is 0.337. The van der Waals surface area contributed by atoms with Crippen LogP contribution in [0.1, 0.15) is 23.4 Å². The number of furan rings is 1. The molecule has 1 fully saturated rings. The Hall–Kier alpha value is -2.22. The molecule has 1 aliphatic rings. The van der Waals surface area contributed by atoms with Crippen LogP contribution in [-0.4, -0.2) is 50.3 Å². The zero-order chi connectivity index (χ0) is 18.7. The maximum Gasteiger partial charge on any atom is 0.401 e. The Bertz CT molecular complexity index is 765. The van der Waals surface area contributed by atoms with Crippen LogP contribution in [0.4, 0.5) is 13.2 Å². The number of carbonyl (C=O) groups excluding carboxylic acids is 1. The first kappa shape index (κ1) is 18.6. The van der Waals surface area contributed by atoms with Gasteiger partial charge in [0.2, 0.25) is 0 Å². The maximum atomic E-state index is 12.4. The molecule has 2 heterocycles. The summed E-state index contributed by atoms with van der Waals surface area (Å²) in [5.41, 5.74) is 0.514. The van der Waals surface area contributed by atoms with Gasteiger partial charge in [0, 0.05) is 11.9 Å². The Labute approximate surface area is 149 Å². The minimum Gasteiger partial charge on any atom is -0.493 e. The van der Waals surface area contributed by atoms with Crippen LogP contribution in [0.3, 0.4) is 0 Å². The molecule has 0 bridgehead atoms. The van der Waals surface area contributed by atoms with Gasteiger partial charge in [-0.05, 0) is 44.0 Å². The van der Waals surface area contributed by atoms with E-state index in [0.717, 1.165) is 5.39 Å². The molecule has 0 spiro atoms. The van der Waals surface area contributed by atoms with Gasteiger partial charge in [-0.3, -0.25) is 9.69 Å². The summed E-state index contributed by atoms with van der Waals surface area (Å²) >= 11 is 0. The van der Waals surface area contributed by atoms with Crippen molar-refractivity contribution >= 4 is 16.9 Å². The topological polar surface area (TPSA) is 54.7 Å². The Kier molecular flexibility index (Phi) is 5.41. The van der Waals surface area contributed by atoms with Crippen LogP contribution in [0, 0.1) is 5.92 Å². The highest BCUT2D eigenvalue weighted by Gasteiger charge is 2.32.